The van der Waals surface area contributed by atoms with Gasteiger partial charge >= 0.3 is 0 Å². The lowest BCUT2D eigenvalue weighted by molar-refractivity contribution is -0.914. The first-order valence-electron chi connectivity index (χ1n) is 8.58. The lowest BCUT2D eigenvalue weighted by Crippen LogP contribution is -3.13. The first kappa shape index (κ1) is 15.9. The Bertz CT molecular complexity index is 611. The average Bonchev–Trinajstić information content (AvgIpc) is 2.57. The number of aromatic hydroxyl groups is 1. The fourth-order valence-electron chi connectivity index (χ4n) is 3.23. The van der Waals surface area contributed by atoms with E-state index >= 15 is 0 Å². The maximum Gasteiger partial charge on any atom is 0.115 e. The van der Waals surface area contributed by atoms with Crippen LogP contribution in [0.25, 0.3) is 0 Å². The number of nitrogens with one attached hydrogen (secondary N) is 1. The van der Waals surface area contributed by atoms with Crippen LogP contribution in [-0.2, 0) is 6.54 Å². The summed E-state index contributed by atoms with van der Waals surface area (Å²) in [5.41, 5.74) is 4.06. The fraction of sp³-hybridized carbons (Fsp3) is 0.400. The molecule has 0 radical (unpaired) electrons. The number of benzene rings is 2. The van der Waals surface area contributed by atoms with Crippen molar-refractivity contribution in [1.29, 1.82) is 0 Å². The zero-order chi connectivity index (χ0) is 16.2. The van der Waals surface area contributed by atoms with Gasteiger partial charge in [-0.15, -0.1) is 0 Å². The quantitative estimate of drug-likeness (QED) is 0.907. The van der Waals surface area contributed by atoms with Gasteiger partial charge in [0.25, 0.3) is 0 Å². The molecule has 0 aromatic heterocycles. The molecule has 0 spiro atoms. The molecule has 0 amide bonds. The fourth-order valence-corrected chi connectivity index (χ4v) is 3.23. The van der Waals surface area contributed by atoms with Crippen molar-refractivity contribution in [2.24, 2.45) is 0 Å². The van der Waals surface area contributed by atoms with Crippen LogP contribution in [-0.4, -0.2) is 31.3 Å². The summed E-state index contributed by atoms with van der Waals surface area (Å²) < 4.78 is 0. The number of piperazine rings is 1. The molecule has 1 heterocycles. The molecule has 2 N–H and O–H groups in total. The molecule has 1 fully saturated rings. The van der Waals surface area contributed by atoms with Gasteiger partial charge in [-0.05, 0) is 35.7 Å². The van der Waals surface area contributed by atoms with E-state index in [1.54, 1.807) is 17.0 Å². The van der Waals surface area contributed by atoms with E-state index in [1.807, 2.05) is 12.1 Å². The predicted octanol–water partition coefficient (Wildman–Crippen LogP) is 2.42. The monoisotopic (exact) mass is 311 g/mol. The maximum atomic E-state index is 9.39. The third kappa shape index (κ3) is 4.05. The summed E-state index contributed by atoms with van der Waals surface area (Å²) in [5, 5.41) is 9.39. The molecule has 1 saturated heterocycles. The second kappa shape index (κ2) is 7.05. The first-order chi connectivity index (χ1) is 11.1. The summed E-state index contributed by atoms with van der Waals surface area (Å²) in [5.74, 6) is 0.938. The van der Waals surface area contributed by atoms with Crippen LogP contribution in [0.3, 0.4) is 0 Å². The summed E-state index contributed by atoms with van der Waals surface area (Å²) in [6.45, 7) is 10.1. The van der Waals surface area contributed by atoms with Crippen molar-refractivity contribution < 1.29 is 10.0 Å². The van der Waals surface area contributed by atoms with E-state index in [4.69, 9.17) is 0 Å². The normalized spacial score (nSPS) is 16.0. The van der Waals surface area contributed by atoms with Crippen molar-refractivity contribution in [1.82, 2.24) is 0 Å². The zero-order valence-electron chi connectivity index (χ0n) is 14.1. The van der Waals surface area contributed by atoms with Crippen molar-refractivity contribution in [3.63, 3.8) is 0 Å². The van der Waals surface area contributed by atoms with E-state index in [0.717, 1.165) is 32.7 Å². The standard InChI is InChI=1S/C20H26N2O/c1-16(2)18-5-3-17(4-6-18)15-21-11-13-22(14-12-21)19-7-9-20(23)10-8-19/h3-10,16,23H,11-15H2,1-2H3/p+1. The molecule has 122 valence electrons. The molecule has 1 aliphatic rings. The lowest BCUT2D eigenvalue weighted by atomic mass is 10.0. The Balaban J connectivity index is 1.53. The van der Waals surface area contributed by atoms with E-state index in [0.29, 0.717) is 11.7 Å². The summed E-state index contributed by atoms with van der Waals surface area (Å²) >= 11 is 0. The molecule has 2 aromatic rings. The van der Waals surface area contributed by atoms with Crippen LogP contribution in [0, 0.1) is 0 Å². The molecule has 0 saturated carbocycles. The van der Waals surface area contributed by atoms with Gasteiger partial charge in [0, 0.05) is 11.3 Å². The van der Waals surface area contributed by atoms with E-state index in [-0.39, 0.29) is 0 Å². The highest BCUT2D eigenvalue weighted by Gasteiger charge is 2.20. The maximum absolute atomic E-state index is 9.39. The summed E-state index contributed by atoms with van der Waals surface area (Å²) in [6, 6.07) is 16.7. The Morgan fingerprint density at radius 1 is 0.957 bits per heavy atom. The van der Waals surface area contributed by atoms with Crippen LogP contribution >= 0.6 is 0 Å². The van der Waals surface area contributed by atoms with Gasteiger partial charge in [0.15, 0.2) is 0 Å². The molecule has 3 rings (SSSR count). The molecule has 3 heteroatoms. The Morgan fingerprint density at radius 3 is 2.13 bits per heavy atom. The summed E-state index contributed by atoms with van der Waals surface area (Å²) in [4.78, 5) is 4.06. The number of anilines is 1. The van der Waals surface area contributed by atoms with Gasteiger partial charge in [0.2, 0.25) is 0 Å². The summed E-state index contributed by atoms with van der Waals surface area (Å²) in [6.07, 6.45) is 0. The predicted molar refractivity (Wildman–Crippen MR) is 95.3 cm³/mol. The van der Waals surface area contributed by atoms with E-state index in [2.05, 4.69) is 43.0 Å². The van der Waals surface area contributed by atoms with Crippen LogP contribution < -0.4 is 9.80 Å². The number of nitrogens with zero attached hydrogens (tertiary/aromatic N) is 1. The minimum Gasteiger partial charge on any atom is -0.508 e. The van der Waals surface area contributed by atoms with Gasteiger partial charge in [-0.25, -0.2) is 0 Å². The van der Waals surface area contributed by atoms with Crippen molar-refractivity contribution in [2.45, 2.75) is 26.3 Å². The van der Waals surface area contributed by atoms with Crippen LogP contribution in [0.1, 0.15) is 30.9 Å². The number of phenols is 1. The van der Waals surface area contributed by atoms with Crippen molar-refractivity contribution in [3.8, 4) is 5.75 Å². The van der Waals surface area contributed by atoms with Gasteiger partial charge < -0.3 is 14.9 Å². The molecular weight excluding hydrogens is 284 g/mol. The second-order valence-electron chi connectivity index (χ2n) is 6.83. The summed E-state index contributed by atoms with van der Waals surface area (Å²) in [7, 11) is 0. The Hall–Kier alpha value is -2.00. The van der Waals surface area contributed by atoms with Gasteiger partial charge in [-0.3, -0.25) is 0 Å². The number of quaternary nitrogens is 1. The molecule has 23 heavy (non-hydrogen) atoms. The first-order valence-corrected chi connectivity index (χ1v) is 8.58. The number of hydrogen-bond acceptors (Lipinski definition) is 2. The minimum atomic E-state index is 0.336. The van der Waals surface area contributed by atoms with Gasteiger partial charge in [0.05, 0.1) is 26.2 Å². The molecule has 0 bridgehead atoms. The molecule has 0 atom stereocenters. The van der Waals surface area contributed by atoms with Gasteiger partial charge in [-0.1, -0.05) is 38.1 Å². The number of hydrogen-bond donors (Lipinski definition) is 2. The van der Waals surface area contributed by atoms with Crippen molar-refractivity contribution >= 4 is 5.69 Å². The third-order valence-electron chi connectivity index (χ3n) is 4.79. The van der Waals surface area contributed by atoms with E-state index in [1.165, 1.54) is 16.8 Å². The minimum absolute atomic E-state index is 0.336. The van der Waals surface area contributed by atoms with Crippen LogP contribution in [0.15, 0.2) is 48.5 Å². The molecule has 0 aliphatic carbocycles. The molecule has 0 unspecified atom stereocenters. The SMILES string of the molecule is CC(C)c1ccc(C[NH+]2CCN(c3ccc(O)cc3)CC2)cc1. The highest BCUT2D eigenvalue weighted by atomic mass is 16.3. The molecular formula is C20H27N2O+. The van der Waals surface area contributed by atoms with E-state index < -0.39 is 0 Å². The largest absolute Gasteiger partial charge is 0.508 e. The van der Waals surface area contributed by atoms with Gasteiger partial charge in [0.1, 0.15) is 12.3 Å². The van der Waals surface area contributed by atoms with Crippen LogP contribution in [0.4, 0.5) is 5.69 Å². The number of phenolic OH excluding ortho intramolecular Hbond substituents is 1. The van der Waals surface area contributed by atoms with Crippen LogP contribution in [0.2, 0.25) is 0 Å². The van der Waals surface area contributed by atoms with Crippen LogP contribution in [0.5, 0.6) is 5.75 Å². The topological polar surface area (TPSA) is 27.9 Å². The molecule has 2 aromatic carbocycles. The third-order valence-corrected chi connectivity index (χ3v) is 4.79. The van der Waals surface area contributed by atoms with E-state index in [9.17, 15) is 5.11 Å². The average molecular weight is 311 g/mol. The smallest absolute Gasteiger partial charge is 0.115 e. The van der Waals surface area contributed by atoms with Crippen molar-refractivity contribution in [2.75, 3.05) is 31.1 Å². The molecule has 3 nitrogen and oxygen atoms in total. The Morgan fingerprint density at radius 2 is 1.57 bits per heavy atom. The van der Waals surface area contributed by atoms with Crippen molar-refractivity contribution in [3.05, 3.63) is 59.7 Å². The zero-order valence-corrected chi connectivity index (χ0v) is 14.1. The van der Waals surface area contributed by atoms with Gasteiger partial charge in [-0.2, -0.15) is 0 Å². The second-order valence-corrected chi connectivity index (χ2v) is 6.83. The number of rotatable bonds is 4. The Labute approximate surface area is 139 Å². The highest BCUT2D eigenvalue weighted by Crippen LogP contribution is 2.18. The highest BCUT2D eigenvalue weighted by molar-refractivity contribution is 5.48. The molecule has 1 aliphatic heterocycles. The lowest BCUT2D eigenvalue weighted by Gasteiger charge is -2.33. The Kier molecular flexibility index (Phi) is 4.87.